The lowest BCUT2D eigenvalue weighted by atomic mass is 9.85. The first kappa shape index (κ1) is 38.3. The minimum atomic E-state index is -1.18. The molecule has 0 saturated heterocycles. The standard InChI is InChI=1S/C45H25BN4O15/c46-26-29(51)24-22-20-21-23(25(24)32(54)35(26)57)34(56)39(61)37(59)28(21)50(27(20)36(58)38(60)33(22)55)45-48-43(12-5-2-1-3-6-12)47-44(49-45)13-9-10-14-17(11-13)65-16-8-4-7-15(18(14)16)19-30(52)40(62)42(64)41(63)31(19)53/h1-11,51-64H. The molecule has 0 aliphatic carbocycles. The summed E-state index contributed by atoms with van der Waals surface area (Å²) in [4.78, 5) is 14.1. The quantitative estimate of drug-likeness (QED) is 0.0400. The monoisotopic (exact) mass is 872 g/mol. The van der Waals surface area contributed by atoms with Gasteiger partial charge in [-0.05, 0) is 23.7 Å². The zero-order valence-electron chi connectivity index (χ0n) is 32.4. The number of benzene rings is 8. The summed E-state index contributed by atoms with van der Waals surface area (Å²) in [5.41, 5.74) is -0.952. The van der Waals surface area contributed by atoms with Crippen LogP contribution in [0.2, 0.25) is 0 Å². The number of phenols is 14. The van der Waals surface area contributed by atoms with Crippen molar-refractivity contribution in [2.75, 3.05) is 0 Å². The van der Waals surface area contributed by atoms with Crippen molar-refractivity contribution in [2.45, 2.75) is 0 Å². The molecule has 19 nitrogen and oxygen atoms in total. The molecule has 3 heterocycles. The summed E-state index contributed by atoms with van der Waals surface area (Å²) in [5.74, 6) is -15.2. The zero-order chi connectivity index (χ0) is 45.8. The lowest BCUT2D eigenvalue weighted by molar-refractivity contribution is 0.330. The van der Waals surface area contributed by atoms with E-state index in [9.17, 15) is 71.5 Å². The van der Waals surface area contributed by atoms with E-state index in [2.05, 4.69) is 4.98 Å². The van der Waals surface area contributed by atoms with Gasteiger partial charge in [0.1, 0.15) is 35.8 Å². The molecule has 0 atom stereocenters. The third kappa shape index (κ3) is 4.75. The predicted molar refractivity (Wildman–Crippen MR) is 233 cm³/mol. The normalized spacial score (nSPS) is 12.0. The van der Waals surface area contributed by atoms with E-state index in [1.807, 2.05) is 0 Å². The number of phenolic OH excluding ortho intramolecular Hbond substituents is 14. The summed E-state index contributed by atoms with van der Waals surface area (Å²) in [6.07, 6.45) is 0. The molecule has 0 spiro atoms. The van der Waals surface area contributed by atoms with Crippen molar-refractivity contribution in [3.8, 4) is 120 Å². The largest absolute Gasteiger partial charge is 0.508 e. The van der Waals surface area contributed by atoms with Crippen LogP contribution in [0.1, 0.15) is 0 Å². The van der Waals surface area contributed by atoms with Gasteiger partial charge in [-0.2, -0.15) is 9.97 Å². The van der Waals surface area contributed by atoms with E-state index in [0.29, 0.717) is 16.3 Å². The average molecular weight is 873 g/mol. The van der Waals surface area contributed by atoms with Gasteiger partial charge in [-0.1, -0.05) is 48.5 Å². The Hall–Kier alpha value is -9.59. The van der Waals surface area contributed by atoms with Gasteiger partial charge in [0.15, 0.2) is 57.6 Å². The molecule has 0 aliphatic rings. The summed E-state index contributed by atoms with van der Waals surface area (Å²) < 4.78 is 7.18. The van der Waals surface area contributed by atoms with Gasteiger partial charge in [0.05, 0.1) is 5.56 Å². The van der Waals surface area contributed by atoms with Crippen molar-refractivity contribution in [1.82, 2.24) is 19.5 Å². The van der Waals surface area contributed by atoms with Gasteiger partial charge >= 0.3 is 0 Å². The van der Waals surface area contributed by atoms with E-state index in [1.54, 1.807) is 48.5 Å². The molecule has 0 aliphatic heterocycles. The summed E-state index contributed by atoms with van der Waals surface area (Å²) >= 11 is 0. The number of aromatic nitrogens is 4. The number of nitrogens with zero attached hydrogens (tertiary/aromatic N) is 4. The summed E-state index contributed by atoms with van der Waals surface area (Å²) in [6.45, 7) is 0. The number of aromatic hydroxyl groups is 14. The second-order valence-electron chi connectivity index (χ2n) is 15.1. The Labute approximate surface area is 360 Å². The predicted octanol–water partition coefficient (Wildman–Crippen LogP) is 6.29. The number of furan rings is 1. The van der Waals surface area contributed by atoms with Crippen molar-refractivity contribution in [2.24, 2.45) is 0 Å². The Balaban J connectivity index is 1.24. The molecule has 3 aromatic heterocycles. The highest BCUT2D eigenvalue weighted by Crippen LogP contribution is 2.62. The van der Waals surface area contributed by atoms with Crippen LogP contribution < -0.4 is 5.46 Å². The van der Waals surface area contributed by atoms with Gasteiger partial charge in [0.2, 0.25) is 34.7 Å². The minimum absolute atomic E-state index is 0.0120. The first-order valence-corrected chi connectivity index (χ1v) is 19.0. The first-order chi connectivity index (χ1) is 31.0. The molecule has 318 valence electrons. The van der Waals surface area contributed by atoms with Gasteiger partial charge in [0.25, 0.3) is 0 Å². The van der Waals surface area contributed by atoms with Crippen LogP contribution in [0.25, 0.3) is 105 Å². The van der Waals surface area contributed by atoms with Crippen LogP contribution in [0.4, 0.5) is 0 Å². The van der Waals surface area contributed by atoms with Gasteiger partial charge in [-0.15, -0.1) is 0 Å². The molecule has 0 saturated carbocycles. The van der Waals surface area contributed by atoms with Crippen LogP contribution in [0, 0.1) is 0 Å². The Morgan fingerprint density at radius 1 is 0.400 bits per heavy atom. The average Bonchev–Trinajstić information content (AvgIpc) is 3.88. The minimum Gasteiger partial charge on any atom is -0.508 e. The smallest absolute Gasteiger partial charge is 0.239 e. The van der Waals surface area contributed by atoms with Crippen LogP contribution in [0.15, 0.2) is 71.1 Å². The molecule has 65 heavy (non-hydrogen) atoms. The molecule has 14 N–H and O–H groups in total. The maximum absolute atomic E-state index is 11.7. The third-order valence-electron chi connectivity index (χ3n) is 11.7. The Morgan fingerprint density at radius 3 is 1.51 bits per heavy atom. The third-order valence-corrected chi connectivity index (χ3v) is 11.7. The number of rotatable bonds is 4. The molecule has 0 amide bonds. The Kier molecular flexibility index (Phi) is 7.51. The Bertz CT molecular complexity index is 3820. The number of fused-ring (bicyclic) bond motifs is 6. The second kappa shape index (κ2) is 12.7. The van der Waals surface area contributed by atoms with E-state index >= 15 is 0 Å². The molecule has 0 unspecified atom stereocenters. The molecule has 11 aromatic rings. The van der Waals surface area contributed by atoms with E-state index in [4.69, 9.17) is 22.2 Å². The molecule has 0 fully saturated rings. The second-order valence-corrected chi connectivity index (χ2v) is 15.1. The number of hydrogen-bond donors (Lipinski definition) is 14. The summed E-state index contributed by atoms with van der Waals surface area (Å²) in [7, 11) is 5.93. The fraction of sp³-hybridized carbons (Fsp3) is 0. The zero-order valence-corrected chi connectivity index (χ0v) is 32.4. The van der Waals surface area contributed by atoms with Gasteiger partial charge in [-0.3, -0.25) is 4.57 Å². The van der Waals surface area contributed by atoms with Gasteiger partial charge in [0, 0.05) is 59.8 Å². The summed E-state index contributed by atoms with van der Waals surface area (Å²) in [5, 5.41) is 152. The number of hydrogen-bond acceptors (Lipinski definition) is 18. The molecule has 20 heteroatoms. The molecular formula is C45H25BN4O15. The fourth-order valence-electron chi connectivity index (χ4n) is 8.76. The molecular weight excluding hydrogens is 847 g/mol. The highest BCUT2D eigenvalue weighted by Gasteiger charge is 2.36. The molecule has 8 aromatic carbocycles. The fourth-order valence-corrected chi connectivity index (χ4v) is 8.76. The molecule has 2 radical (unpaired) electrons. The molecule has 0 bridgehead atoms. The summed E-state index contributed by atoms with van der Waals surface area (Å²) in [6, 6.07) is 17.7. The topological polar surface area (TPSA) is 340 Å². The van der Waals surface area contributed by atoms with Gasteiger partial charge in [-0.25, -0.2) is 4.98 Å². The van der Waals surface area contributed by atoms with Crippen molar-refractivity contribution in [1.29, 1.82) is 0 Å². The van der Waals surface area contributed by atoms with Crippen molar-refractivity contribution < 1.29 is 75.9 Å². The SMILES string of the molecule is [B]c1c(O)c(O)c2c(c1O)c1c(O)c(O)c(O)c3c1c1c2c(O)c(O)c(O)c1n3-c1nc(-c2ccccc2)nc(-c2ccc3c(c2)oc2cccc(-c4c(O)c(O)c(O)c(O)c4O)c23)n1. The Morgan fingerprint density at radius 2 is 0.908 bits per heavy atom. The van der Waals surface area contributed by atoms with Crippen LogP contribution in [-0.4, -0.2) is 98.9 Å². The highest BCUT2D eigenvalue weighted by atomic mass is 16.4. The van der Waals surface area contributed by atoms with Crippen LogP contribution in [0.3, 0.4) is 0 Å². The van der Waals surface area contributed by atoms with E-state index in [1.165, 1.54) is 18.2 Å². The first-order valence-electron chi connectivity index (χ1n) is 19.0. The van der Waals surface area contributed by atoms with E-state index < -0.39 is 130 Å². The van der Waals surface area contributed by atoms with Crippen molar-refractivity contribution >= 4 is 78.6 Å². The van der Waals surface area contributed by atoms with Gasteiger partial charge < -0.3 is 75.9 Å². The van der Waals surface area contributed by atoms with E-state index in [0.717, 1.165) is 4.57 Å². The highest BCUT2D eigenvalue weighted by molar-refractivity contribution is 6.45. The maximum atomic E-state index is 11.7. The maximum Gasteiger partial charge on any atom is 0.239 e. The van der Waals surface area contributed by atoms with E-state index in [-0.39, 0.29) is 44.7 Å². The molecule has 11 rings (SSSR count). The van der Waals surface area contributed by atoms with Crippen LogP contribution in [-0.2, 0) is 0 Å². The lowest BCUT2D eigenvalue weighted by Crippen LogP contribution is -2.06. The van der Waals surface area contributed by atoms with Crippen LogP contribution >= 0.6 is 0 Å². The lowest BCUT2D eigenvalue weighted by Gasteiger charge is -2.18. The van der Waals surface area contributed by atoms with Crippen molar-refractivity contribution in [3.63, 3.8) is 0 Å². The van der Waals surface area contributed by atoms with Crippen LogP contribution in [0.5, 0.6) is 80.5 Å². The van der Waals surface area contributed by atoms with Crippen molar-refractivity contribution in [3.05, 3.63) is 66.7 Å².